The molecule has 2 atom stereocenters. The maximum Gasteiger partial charge on any atom is 0.121 e. The predicted octanol–water partition coefficient (Wildman–Crippen LogP) is 3.96. The van der Waals surface area contributed by atoms with Crippen molar-refractivity contribution in [1.82, 2.24) is 14.9 Å². The summed E-state index contributed by atoms with van der Waals surface area (Å²) in [6.07, 6.45) is 4.03. The van der Waals surface area contributed by atoms with Crippen molar-refractivity contribution in [3.8, 4) is 0 Å². The van der Waals surface area contributed by atoms with Gasteiger partial charge in [0.25, 0.3) is 0 Å². The predicted molar refractivity (Wildman–Crippen MR) is 86.0 cm³/mol. The normalized spacial score (nSPS) is 31.9. The van der Waals surface area contributed by atoms with E-state index in [0.29, 0.717) is 10.8 Å². The molecule has 1 aliphatic heterocycles. The number of fused-ring (bicyclic) bond motifs is 3. The van der Waals surface area contributed by atoms with E-state index in [2.05, 4.69) is 54.9 Å². The van der Waals surface area contributed by atoms with E-state index in [9.17, 15) is 0 Å². The van der Waals surface area contributed by atoms with Crippen LogP contribution in [0.4, 0.5) is 0 Å². The molecule has 3 nitrogen and oxygen atoms in total. The largest absolute Gasteiger partial charge is 0.341 e. The second kappa shape index (κ2) is 4.33. The fourth-order valence-corrected chi connectivity index (χ4v) is 5.03. The zero-order valence-corrected chi connectivity index (χ0v) is 13.3. The minimum atomic E-state index is 0.486. The van der Waals surface area contributed by atoms with E-state index in [4.69, 9.17) is 4.98 Å². The van der Waals surface area contributed by atoms with Gasteiger partial charge < -0.3 is 4.98 Å². The lowest BCUT2D eigenvalue weighted by molar-refractivity contribution is 0.126. The molecule has 1 saturated heterocycles. The summed E-state index contributed by atoms with van der Waals surface area (Å²) in [4.78, 5) is 10.9. The summed E-state index contributed by atoms with van der Waals surface area (Å²) in [6, 6.07) is 9.04. The van der Waals surface area contributed by atoms with Crippen LogP contribution in [0.25, 0.3) is 11.0 Å². The zero-order chi connectivity index (χ0) is 14.7. The summed E-state index contributed by atoms with van der Waals surface area (Å²) in [5.74, 6) is 1.12. The molecule has 1 N–H and O–H groups in total. The van der Waals surface area contributed by atoms with E-state index in [1.807, 2.05) is 0 Å². The van der Waals surface area contributed by atoms with E-state index < -0.39 is 0 Å². The molecule has 0 radical (unpaired) electrons. The Morgan fingerprint density at radius 3 is 2.86 bits per heavy atom. The van der Waals surface area contributed by atoms with Gasteiger partial charge in [-0.25, -0.2) is 4.98 Å². The standard InChI is InChI=1S/C18H25N3/c1-17(2)8-13-9-18(3,11-17)12-21(13)10-16-19-14-6-4-5-7-15(14)20-16/h4-7,13H,8-12H2,1-3H3,(H,19,20). The fraction of sp³-hybridized carbons (Fsp3) is 0.611. The van der Waals surface area contributed by atoms with Gasteiger partial charge in [-0.1, -0.05) is 32.9 Å². The van der Waals surface area contributed by atoms with Crippen molar-refractivity contribution in [3.05, 3.63) is 30.1 Å². The Morgan fingerprint density at radius 2 is 2.05 bits per heavy atom. The van der Waals surface area contributed by atoms with Gasteiger partial charge in [0.1, 0.15) is 5.82 Å². The molecular formula is C18H25N3. The Hall–Kier alpha value is -1.35. The monoisotopic (exact) mass is 283 g/mol. The Labute approximate surface area is 126 Å². The van der Waals surface area contributed by atoms with E-state index in [0.717, 1.165) is 29.4 Å². The van der Waals surface area contributed by atoms with Crippen LogP contribution in [-0.4, -0.2) is 27.5 Å². The molecule has 2 fully saturated rings. The summed E-state index contributed by atoms with van der Waals surface area (Å²) in [5.41, 5.74) is 3.22. The zero-order valence-electron chi connectivity index (χ0n) is 13.3. The van der Waals surface area contributed by atoms with Gasteiger partial charge in [-0.05, 0) is 42.2 Å². The van der Waals surface area contributed by atoms with E-state index >= 15 is 0 Å². The number of benzene rings is 1. The van der Waals surface area contributed by atoms with Crippen molar-refractivity contribution in [2.75, 3.05) is 6.54 Å². The summed E-state index contributed by atoms with van der Waals surface area (Å²) < 4.78 is 0. The molecule has 0 spiro atoms. The summed E-state index contributed by atoms with van der Waals surface area (Å²) in [6.45, 7) is 9.52. The van der Waals surface area contributed by atoms with Gasteiger partial charge in [0.15, 0.2) is 0 Å². The number of aromatic amines is 1. The molecule has 112 valence electrons. The first-order valence-corrected chi connectivity index (χ1v) is 8.10. The van der Waals surface area contributed by atoms with Crippen LogP contribution in [0.2, 0.25) is 0 Å². The third-order valence-corrected chi connectivity index (χ3v) is 5.31. The van der Waals surface area contributed by atoms with Crippen LogP contribution in [0.3, 0.4) is 0 Å². The van der Waals surface area contributed by atoms with E-state index in [-0.39, 0.29) is 0 Å². The van der Waals surface area contributed by atoms with Crippen LogP contribution in [-0.2, 0) is 6.54 Å². The van der Waals surface area contributed by atoms with Crippen LogP contribution in [0.1, 0.15) is 45.9 Å². The number of hydrogen-bond acceptors (Lipinski definition) is 2. The summed E-state index contributed by atoms with van der Waals surface area (Å²) in [7, 11) is 0. The number of imidazole rings is 1. The molecule has 21 heavy (non-hydrogen) atoms. The second-order valence-electron chi connectivity index (χ2n) is 8.32. The number of nitrogens with zero attached hydrogens (tertiary/aromatic N) is 2. The summed E-state index contributed by atoms with van der Waals surface area (Å²) >= 11 is 0. The van der Waals surface area contributed by atoms with Crippen molar-refractivity contribution in [1.29, 1.82) is 0 Å². The van der Waals surface area contributed by atoms with Crippen LogP contribution in [0, 0.1) is 10.8 Å². The van der Waals surface area contributed by atoms with E-state index in [1.54, 1.807) is 0 Å². The molecule has 2 heterocycles. The lowest BCUT2D eigenvalue weighted by Crippen LogP contribution is -2.34. The van der Waals surface area contributed by atoms with Gasteiger partial charge in [-0.3, -0.25) is 4.90 Å². The third kappa shape index (κ3) is 2.38. The molecule has 1 saturated carbocycles. The van der Waals surface area contributed by atoms with Crippen LogP contribution in [0.15, 0.2) is 24.3 Å². The van der Waals surface area contributed by atoms with Gasteiger partial charge in [0, 0.05) is 12.6 Å². The lowest BCUT2D eigenvalue weighted by atomic mass is 9.65. The van der Waals surface area contributed by atoms with Gasteiger partial charge in [-0.2, -0.15) is 0 Å². The summed E-state index contributed by atoms with van der Waals surface area (Å²) in [5, 5.41) is 0. The number of H-pyrrole nitrogens is 1. The maximum absolute atomic E-state index is 4.75. The molecule has 3 heteroatoms. The van der Waals surface area contributed by atoms with Gasteiger partial charge in [0.05, 0.1) is 17.6 Å². The topological polar surface area (TPSA) is 31.9 Å². The molecule has 2 unspecified atom stereocenters. The Kier molecular flexibility index (Phi) is 2.74. The first-order chi connectivity index (χ1) is 9.93. The van der Waals surface area contributed by atoms with Crippen molar-refractivity contribution in [2.24, 2.45) is 10.8 Å². The fourth-order valence-electron chi connectivity index (χ4n) is 5.03. The maximum atomic E-state index is 4.75. The van der Waals surface area contributed by atoms with Crippen LogP contribution in [0.5, 0.6) is 0 Å². The number of nitrogens with one attached hydrogen (secondary N) is 1. The SMILES string of the molecule is CC1(C)CC2CC(C)(CN2Cc2nc3ccccc3[nH]2)C1. The number of aromatic nitrogens is 2. The second-order valence-corrected chi connectivity index (χ2v) is 8.32. The smallest absolute Gasteiger partial charge is 0.121 e. The third-order valence-electron chi connectivity index (χ3n) is 5.31. The minimum Gasteiger partial charge on any atom is -0.341 e. The Morgan fingerprint density at radius 1 is 1.24 bits per heavy atom. The van der Waals surface area contributed by atoms with Gasteiger partial charge in [-0.15, -0.1) is 0 Å². The molecule has 2 bridgehead atoms. The molecule has 1 aromatic carbocycles. The molecular weight excluding hydrogens is 258 g/mol. The Bertz CT molecular complexity index is 639. The average Bonchev–Trinajstić information content (AvgIpc) is 2.86. The first kappa shape index (κ1) is 13.3. The first-order valence-electron chi connectivity index (χ1n) is 8.10. The number of para-hydroxylation sites is 2. The van der Waals surface area contributed by atoms with Crippen molar-refractivity contribution >= 4 is 11.0 Å². The Balaban J connectivity index is 1.58. The van der Waals surface area contributed by atoms with Crippen LogP contribution >= 0.6 is 0 Å². The average molecular weight is 283 g/mol. The highest BCUT2D eigenvalue weighted by molar-refractivity contribution is 5.74. The quantitative estimate of drug-likeness (QED) is 0.904. The number of rotatable bonds is 2. The lowest BCUT2D eigenvalue weighted by Gasteiger charge is -2.39. The number of hydrogen-bond donors (Lipinski definition) is 1. The van der Waals surface area contributed by atoms with E-state index in [1.165, 1.54) is 25.8 Å². The highest BCUT2D eigenvalue weighted by Crippen LogP contribution is 2.52. The van der Waals surface area contributed by atoms with Crippen LogP contribution < -0.4 is 0 Å². The number of likely N-dealkylation sites (tertiary alicyclic amines) is 1. The molecule has 2 aliphatic rings. The van der Waals surface area contributed by atoms with Crippen molar-refractivity contribution < 1.29 is 0 Å². The highest BCUT2D eigenvalue weighted by Gasteiger charge is 2.49. The van der Waals surface area contributed by atoms with Crippen molar-refractivity contribution in [2.45, 2.75) is 52.6 Å². The molecule has 0 amide bonds. The molecule has 2 aromatic rings. The van der Waals surface area contributed by atoms with Gasteiger partial charge in [0.2, 0.25) is 0 Å². The highest BCUT2D eigenvalue weighted by atomic mass is 15.2. The van der Waals surface area contributed by atoms with Gasteiger partial charge >= 0.3 is 0 Å². The molecule has 1 aromatic heterocycles. The van der Waals surface area contributed by atoms with Crippen molar-refractivity contribution in [3.63, 3.8) is 0 Å². The molecule has 4 rings (SSSR count). The minimum absolute atomic E-state index is 0.486. The molecule has 1 aliphatic carbocycles.